The number of carbonyl (C=O) groups excluding carboxylic acids is 1. The van der Waals surface area contributed by atoms with Gasteiger partial charge >= 0.3 is 5.97 Å². The summed E-state index contributed by atoms with van der Waals surface area (Å²) >= 11 is 3.46. The lowest BCUT2D eigenvalue weighted by molar-refractivity contribution is -0.147. The number of nitrogens with two attached hydrogens (primary N) is 1. The van der Waals surface area contributed by atoms with Crippen molar-refractivity contribution in [2.24, 2.45) is 5.73 Å². The summed E-state index contributed by atoms with van der Waals surface area (Å²) in [6, 6.07) is 3.86. The highest BCUT2D eigenvalue weighted by atomic mass is 79.9. The summed E-state index contributed by atoms with van der Waals surface area (Å²) in [4.78, 5) is 11.5. The van der Waals surface area contributed by atoms with Crippen molar-refractivity contribution in [2.75, 3.05) is 13.7 Å². The topological polar surface area (TPSA) is 70.8 Å². The lowest BCUT2D eigenvalue weighted by Crippen LogP contribution is -2.25. The van der Waals surface area contributed by atoms with Crippen LogP contribution in [-0.2, 0) is 16.0 Å². The maximum absolute atomic E-state index is 11.5. The molecule has 21 heavy (non-hydrogen) atoms. The Kier molecular flexibility index (Phi) is 6.98. The van der Waals surface area contributed by atoms with Gasteiger partial charge in [-0.15, -0.1) is 0 Å². The van der Waals surface area contributed by atoms with E-state index in [2.05, 4.69) is 20.7 Å². The molecule has 118 valence electrons. The summed E-state index contributed by atoms with van der Waals surface area (Å²) in [6.07, 6.45) is 0.00990. The molecule has 0 aliphatic rings. The van der Waals surface area contributed by atoms with Crippen molar-refractivity contribution >= 4 is 21.9 Å². The molecule has 0 aliphatic heterocycles. The van der Waals surface area contributed by atoms with Gasteiger partial charge in [-0.3, -0.25) is 0 Å². The summed E-state index contributed by atoms with van der Waals surface area (Å²) in [7, 11) is 1.33. The van der Waals surface area contributed by atoms with Gasteiger partial charge in [-0.2, -0.15) is 0 Å². The Hall–Kier alpha value is -1.27. The number of ether oxygens (including phenoxy) is 3. The molecule has 1 aromatic rings. The van der Waals surface area contributed by atoms with Gasteiger partial charge in [-0.25, -0.2) is 4.79 Å². The molecule has 1 rings (SSSR count). The zero-order chi connectivity index (χ0) is 16.0. The second-order valence-corrected chi connectivity index (χ2v) is 5.66. The maximum Gasteiger partial charge on any atom is 0.346 e. The molecule has 0 aliphatic carbocycles. The predicted molar refractivity (Wildman–Crippen MR) is 84.8 cm³/mol. The van der Waals surface area contributed by atoms with E-state index in [1.54, 1.807) is 6.92 Å². The number of rotatable bonds is 7. The van der Waals surface area contributed by atoms with Gasteiger partial charge in [0.1, 0.15) is 0 Å². The monoisotopic (exact) mass is 359 g/mol. The molecular formula is C15H22BrNO4. The zero-order valence-electron chi connectivity index (χ0n) is 12.8. The van der Waals surface area contributed by atoms with E-state index in [0.717, 1.165) is 16.5 Å². The van der Waals surface area contributed by atoms with Crippen LogP contribution in [0.2, 0.25) is 0 Å². The van der Waals surface area contributed by atoms with E-state index in [0.29, 0.717) is 18.1 Å². The molecule has 0 spiro atoms. The van der Waals surface area contributed by atoms with Crippen LogP contribution in [0.1, 0.15) is 26.3 Å². The predicted octanol–water partition coefficient (Wildman–Crippen LogP) is 2.68. The van der Waals surface area contributed by atoms with Crippen LogP contribution in [0.5, 0.6) is 11.5 Å². The highest BCUT2D eigenvalue weighted by Crippen LogP contribution is 2.38. The zero-order valence-corrected chi connectivity index (χ0v) is 14.4. The fourth-order valence-electron chi connectivity index (χ4n) is 1.88. The average Bonchev–Trinajstić information content (AvgIpc) is 2.41. The van der Waals surface area contributed by atoms with Crippen LogP contribution in [-0.4, -0.2) is 31.8 Å². The fraction of sp³-hybridized carbons (Fsp3) is 0.533. The van der Waals surface area contributed by atoms with Crippen molar-refractivity contribution in [2.45, 2.75) is 39.3 Å². The van der Waals surface area contributed by atoms with Gasteiger partial charge in [-0.1, -0.05) is 0 Å². The molecule has 6 heteroatoms. The normalized spacial score (nSPS) is 13.4. The van der Waals surface area contributed by atoms with Crippen LogP contribution in [0.25, 0.3) is 0 Å². The van der Waals surface area contributed by atoms with Crippen molar-refractivity contribution in [3.63, 3.8) is 0 Å². The molecule has 0 heterocycles. The summed E-state index contributed by atoms with van der Waals surface area (Å²) in [6.45, 7) is 5.96. The highest BCUT2D eigenvalue weighted by molar-refractivity contribution is 9.10. The van der Waals surface area contributed by atoms with Gasteiger partial charge in [0, 0.05) is 6.04 Å². The van der Waals surface area contributed by atoms with E-state index >= 15 is 0 Å². The molecule has 2 N–H and O–H groups in total. The first kappa shape index (κ1) is 17.8. The Labute approximate surface area is 133 Å². The van der Waals surface area contributed by atoms with Crippen LogP contribution < -0.4 is 15.2 Å². The van der Waals surface area contributed by atoms with Crippen LogP contribution >= 0.6 is 15.9 Å². The Bertz CT molecular complexity index is 491. The second kappa shape index (κ2) is 8.24. The standard InChI is InChI=1S/C15H22BrNO4/c1-5-20-13-8-11(6-9(2)17)7-12(16)14(13)21-10(3)15(18)19-4/h7-10H,5-6,17H2,1-4H3. The Morgan fingerprint density at radius 2 is 2.05 bits per heavy atom. The molecule has 0 saturated carbocycles. The van der Waals surface area contributed by atoms with E-state index in [1.807, 2.05) is 26.0 Å². The third-order valence-electron chi connectivity index (χ3n) is 2.75. The largest absolute Gasteiger partial charge is 0.490 e. The number of hydrogen-bond acceptors (Lipinski definition) is 5. The van der Waals surface area contributed by atoms with E-state index in [-0.39, 0.29) is 6.04 Å². The quantitative estimate of drug-likeness (QED) is 0.757. The van der Waals surface area contributed by atoms with Gasteiger partial charge in [-0.05, 0) is 60.8 Å². The first-order valence-corrected chi connectivity index (χ1v) is 7.63. The summed E-state index contributed by atoms with van der Waals surface area (Å²) in [5.74, 6) is 0.630. The van der Waals surface area contributed by atoms with Crippen molar-refractivity contribution < 1.29 is 19.0 Å². The third kappa shape index (κ3) is 5.21. The summed E-state index contributed by atoms with van der Waals surface area (Å²) in [5.41, 5.74) is 6.87. The third-order valence-corrected chi connectivity index (χ3v) is 3.34. The molecule has 0 fully saturated rings. The maximum atomic E-state index is 11.5. The van der Waals surface area contributed by atoms with Gasteiger partial charge in [0.15, 0.2) is 17.6 Å². The van der Waals surface area contributed by atoms with Gasteiger partial charge in [0.25, 0.3) is 0 Å². The molecule has 1 aromatic carbocycles. The smallest absolute Gasteiger partial charge is 0.346 e. The minimum Gasteiger partial charge on any atom is -0.490 e. The molecule has 0 radical (unpaired) electrons. The molecule has 2 atom stereocenters. The molecule has 5 nitrogen and oxygen atoms in total. The van der Waals surface area contributed by atoms with Crippen molar-refractivity contribution in [1.82, 2.24) is 0 Å². The SMILES string of the molecule is CCOc1cc(CC(C)N)cc(Br)c1OC(C)C(=O)OC. The number of carbonyl (C=O) groups is 1. The number of methoxy groups -OCH3 is 1. The lowest BCUT2D eigenvalue weighted by atomic mass is 10.1. The van der Waals surface area contributed by atoms with E-state index in [4.69, 9.17) is 15.2 Å². The van der Waals surface area contributed by atoms with Gasteiger partial charge in [0.05, 0.1) is 18.2 Å². The van der Waals surface area contributed by atoms with Gasteiger partial charge in [0.2, 0.25) is 0 Å². The first-order chi connectivity index (χ1) is 9.88. The number of halogens is 1. The van der Waals surface area contributed by atoms with E-state index < -0.39 is 12.1 Å². The average molecular weight is 360 g/mol. The van der Waals surface area contributed by atoms with Crippen LogP contribution in [0.15, 0.2) is 16.6 Å². The minimum absolute atomic E-state index is 0.0483. The van der Waals surface area contributed by atoms with E-state index in [1.165, 1.54) is 7.11 Å². The molecule has 2 unspecified atom stereocenters. The highest BCUT2D eigenvalue weighted by Gasteiger charge is 2.20. The lowest BCUT2D eigenvalue weighted by Gasteiger charge is -2.18. The van der Waals surface area contributed by atoms with Crippen molar-refractivity contribution in [1.29, 1.82) is 0 Å². The number of hydrogen-bond donors (Lipinski definition) is 1. The fourth-order valence-corrected chi connectivity index (χ4v) is 2.46. The van der Waals surface area contributed by atoms with Crippen molar-refractivity contribution in [3.8, 4) is 11.5 Å². The minimum atomic E-state index is -0.718. The van der Waals surface area contributed by atoms with Crippen LogP contribution in [0.4, 0.5) is 0 Å². The molecule has 0 saturated heterocycles. The Morgan fingerprint density at radius 3 is 2.57 bits per heavy atom. The Balaban J connectivity index is 3.08. The first-order valence-electron chi connectivity index (χ1n) is 6.84. The van der Waals surface area contributed by atoms with Crippen LogP contribution in [0, 0.1) is 0 Å². The number of benzene rings is 1. The summed E-state index contributed by atoms with van der Waals surface area (Å²) in [5, 5.41) is 0. The molecule has 0 amide bonds. The van der Waals surface area contributed by atoms with Crippen molar-refractivity contribution in [3.05, 3.63) is 22.2 Å². The molecular weight excluding hydrogens is 338 g/mol. The number of esters is 1. The summed E-state index contributed by atoms with van der Waals surface area (Å²) < 4.78 is 16.7. The molecule has 0 aromatic heterocycles. The second-order valence-electron chi connectivity index (χ2n) is 4.80. The molecule has 0 bridgehead atoms. The Morgan fingerprint density at radius 1 is 1.38 bits per heavy atom. The van der Waals surface area contributed by atoms with E-state index in [9.17, 15) is 4.79 Å². The van der Waals surface area contributed by atoms with Crippen LogP contribution in [0.3, 0.4) is 0 Å². The van der Waals surface area contributed by atoms with Gasteiger partial charge < -0.3 is 19.9 Å².